The zero-order chi connectivity index (χ0) is 21.5. The number of rotatable bonds is 6. The smallest absolute Gasteiger partial charge is 0.273 e. The van der Waals surface area contributed by atoms with Gasteiger partial charge in [0.2, 0.25) is 0 Å². The largest absolute Gasteiger partial charge is 0.378 e. The lowest BCUT2D eigenvalue weighted by molar-refractivity contribution is 0.0956. The van der Waals surface area contributed by atoms with Crippen molar-refractivity contribution in [1.29, 1.82) is 0 Å². The van der Waals surface area contributed by atoms with Gasteiger partial charge < -0.3 is 10.2 Å². The van der Waals surface area contributed by atoms with Crippen LogP contribution in [0.2, 0.25) is 0 Å². The number of carbonyl (C=O) groups excluding carboxylic acids is 2. The first-order chi connectivity index (χ1) is 14.4. The third-order valence-electron chi connectivity index (χ3n) is 4.52. The Morgan fingerprint density at radius 1 is 0.867 bits per heavy atom. The van der Waals surface area contributed by atoms with Crippen molar-refractivity contribution in [2.75, 3.05) is 24.3 Å². The highest BCUT2D eigenvalue weighted by molar-refractivity contribution is 6.09. The van der Waals surface area contributed by atoms with Crippen LogP contribution in [0.4, 0.5) is 11.4 Å². The van der Waals surface area contributed by atoms with Gasteiger partial charge in [0.25, 0.3) is 11.8 Å². The highest BCUT2D eigenvalue weighted by atomic mass is 16.2. The molecule has 0 radical (unpaired) electrons. The molecule has 0 saturated carbocycles. The van der Waals surface area contributed by atoms with Crippen LogP contribution in [0.3, 0.4) is 0 Å². The van der Waals surface area contributed by atoms with E-state index in [9.17, 15) is 9.59 Å². The first-order valence-corrected chi connectivity index (χ1v) is 9.52. The summed E-state index contributed by atoms with van der Waals surface area (Å²) in [5.41, 5.74) is 6.80. The molecule has 0 atom stereocenters. The molecule has 6 nitrogen and oxygen atoms in total. The van der Waals surface area contributed by atoms with Crippen LogP contribution in [-0.2, 0) is 0 Å². The number of hydrazone groups is 1. The maximum Gasteiger partial charge on any atom is 0.273 e. The number of carbonyl (C=O) groups is 2. The summed E-state index contributed by atoms with van der Waals surface area (Å²) in [6.45, 7) is 1.96. The second-order valence-electron chi connectivity index (χ2n) is 7.05. The van der Waals surface area contributed by atoms with Crippen LogP contribution in [0.5, 0.6) is 0 Å². The number of aryl methyl sites for hydroxylation is 1. The number of nitrogens with one attached hydrogen (secondary N) is 2. The summed E-state index contributed by atoms with van der Waals surface area (Å²) in [6.07, 6.45) is 1.57. The van der Waals surface area contributed by atoms with Crippen molar-refractivity contribution in [2.45, 2.75) is 6.92 Å². The molecule has 0 spiro atoms. The zero-order valence-corrected chi connectivity index (χ0v) is 17.2. The van der Waals surface area contributed by atoms with Gasteiger partial charge in [0.15, 0.2) is 0 Å². The minimum Gasteiger partial charge on any atom is -0.378 e. The predicted octanol–water partition coefficient (Wildman–Crippen LogP) is 4.08. The molecule has 0 aliphatic rings. The summed E-state index contributed by atoms with van der Waals surface area (Å²) in [5, 5.41) is 6.83. The van der Waals surface area contributed by atoms with Gasteiger partial charge in [-0.2, -0.15) is 5.10 Å². The second-order valence-corrected chi connectivity index (χ2v) is 7.05. The molecule has 0 heterocycles. The molecule has 3 rings (SSSR count). The first kappa shape index (κ1) is 20.8. The molecule has 2 N–H and O–H groups in total. The van der Waals surface area contributed by atoms with E-state index in [1.165, 1.54) is 0 Å². The molecule has 2 amide bonds. The Morgan fingerprint density at radius 3 is 2.20 bits per heavy atom. The molecule has 0 fully saturated rings. The van der Waals surface area contributed by atoms with E-state index >= 15 is 0 Å². The standard InChI is InChI=1S/C24H24N4O2/c1-17-8-12-19(13-9-17)23(29)26-22-7-5-4-6-21(22)24(30)27-25-16-18-10-14-20(15-11-18)28(2)3/h4-16H,1-3H3,(H,26,29)(H,27,30)/b25-16+. The van der Waals surface area contributed by atoms with Crippen LogP contribution in [0, 0.1) is 6.92 Å². The SMILES string of the molecule is Cc1ccc(C(=O)Nc2ccccc2C(=O)N/N=C/c2ccc(N(C)C)cc2)cc1. The zero-order valence-electron chi connectivity index (χ0n) is 17.2. The van der Waals surface area contributed by atoms with Crippen molar-refractivity contribution in [3.63, 3.8) is 0 Å². The van der Waals surface area contributed by atoms with E-state index in [0.29, 0.717) is 16.8 Å². The van der Waals surface area contributed by atoms with Crippen molar-refractivity contribution in [1.82, 2.24) is 5.43 Å². The fraction of sp³-hybridized carbons (Fsp3) is 0.125. The van der Waals surface area contributed by atoms with E-state index in [0.717, 1.165) is 16.8 Å². The summed E-state index contributed by atoms with van der Waals surface area (Å²) < 4.78 is 0. The fourth-order valence-electron chi connectivity index (χ4n) is 2.77. The lowest BCUT2D eigenvalue weighted by atomic mass is 10.1. The Kier molecular flexibility index (Phi) is 6.60. The number of hydrogen-bond acceptors (Lipinski definition) is 4. The number of anilines is 2. The Morgan fingerprint density at radius 2 is 1.53 bits per heavy atom. The molecule has 0 aliphatic heterocycles. The summed E-state index contributed by atoms with van der Waals surface area (Å²) in [5.74, 6) is -0.685. The van der Waals surface area contributed by atoms with Crippen molar-refractivity contribution >= 4 is 29.4 Å². The Balaban J connectivity index is 1.67. The molecule has 0 aliphatic carbocycles. The van der Waals surface area contributed by atoms with Gasteiger partial charge in [-0.05, 0) is 48.9 Å². The second kappa shape index (κ2) is 9.52. The van der Waals surface area contributed by atoms with E-state index in [4.69, 9.17) is 0 Å². The minimum absolute atomic E-state index is 0.278. The maximum atomic E-state index is 12.6. The Bertz CT molecular complexity index is 1060. The van der Waals surface area contributed by atoms with Crippen LogP contribution in [0.25, 0.3) is 0 Å². The van der Waals surface area contributed by atoms with Gasteiger partial charge >= 0.3 is 0 Å². The van der Waals surface area contributed by atoms with Gasteiger partial charge in [0.05, 0.1) is 17.5 Å². The lowest BCUT2D eigenvalue weighted by Crippen LogP contribution is -2.21. The molecule has 0 bridgehead atoms. The third kappa shape index (κ3) is 5.32. The maximum absolute atomic E-state index is 12.6. The number of nitrogens with zero attached hydrogens (tertiary/aromatic N) is 2. The van der Waals surface area contributed by atoms with Gasteiger partial charge in [-0.25, -0.2) is 5.43 Å². The number of para-hydroxylation sites is 1. The van der Waals surface area contributed by atoms with Crippen molar-refractivity contribution < 1.29 is 9.59 Å². The van der Waals surface area contributed by atoms with E-state index in [-0.39, 0.29) is 5.91 Å². The van der Waals surface area contributed by atoms with Gasteiger partial charge in [0.1, 0.15) is 0 Å². The summed E-state index contributed by atoms with van der Waals surface area (Å²) in [4.78, 5) is 27.1. The van der Waals surface area contributed by atoms with Crippen molar-refractivity contribution in [3.8, 4) is 0 Å². The van der Waals surface area contributed by atoms with Gasteiger partial charge in [-0.1, -0.05) is 42.0 Å². The third-order valence-corrected chi connectivity index (χ3v) is 4.52. The first-order valence-electron chi connectivity index (χ1n) is 9.52. The van der Waals surface area contributed by atoms with Crippen LogP contribution >= 0.6 is 0 Å². The van der Waals surface area contributed by atoms with E-state index in [1.807, 2.05) is 62.3 Å². The van der Waals surface area contributed by atoms with E-state index < -0.39 is 5.91 Å². The Labute approximate surface area is 176 Å². The highest BCUT2D eigenvalue weighted by Crippen LogP contribution is 2.17. The molecule has 30 heavy (non-hydrogen) atoms. The summed E-state index contributed by atoms with van der Waals surface area (Å²) in [6, 6.07) is 21.8. The molecule has 0 saturated heterocycles. The van der Waals surface area contributed by atoms with Crippen LogP contribution in [0.1, 0.15) is 31.8 Å². The lowest BCUT2D eigenvalue weighted by Gasteiger charge is -2.11. The fourth-order valence-corrected chi connectivity index (χ4v) is 2.77. The van der Waals surface area contributed by atoms with Crippen molar-refractivity contribution in [3.05, 3.63) is 95.1 Å². The summed E-state index contributed by atoms with van der Waals surface area (Å²) >= 11 is 0. The summed E-state index contributed by atoms with van der Waals surface area (Å²) in [7, 11) is 3.94. The average Bonchev–Trinajstić information content (AvgIpc) is 2.75. The van der Waals surface area contributed by atoms with Crippen molar-refractivity contribution in [2.24, 2.45) is 5.10 Å². The minimum atomic E-state index is -0.407. The normalized spacial score (nSPS) is 10.6. The molecule has 6 heteroatoms. The monoisotopic (exact) mass is 400 g/mol. The molecule has 0 unspecified atom stereocenters. The van der Waals surface area contributed by atoms with Gasteiger partial charge in [0, 0.05) is 25.3 Å². The topological polar surface area (TPSA) is 73.8 Å². The molecular weight excluding hydrogens is 376 g/mol. The number of amides is 2. The van der Waals surface area contributed by atoms with Crippen LogP contribution in [-0.4, -0.2) is 32.1 Å². The molecule has 3 aromatic carbocycles. The van der Waals surface area contributed by atoms with Crippen LogP contribution < -0.4 is 15.6 Å². The van der Waals surface area contributed by atoms with E-state index in [1.54, 1.807) is 42.6 Å². The molecule has 0 aromatic heterocycles. The predicted molar refractivity (Wildman–Crippen MR) is 121 cm³/mol. The van der Waals surface area contributed by atoms with Gasteiger partial charge in [-0.15, -0.1) is 0 Å². The van der Waals surface area contributed by atoms with Gasteiger partial charge in [-0.3, -0.25) is 9.59 Å². The average molecular weight is 400 g/mol. The molecular formula is C24H24N4O2. The quantitative estimate of drug-likeness (QED) is 0.484. The Hall–Kier alpha value is -3.93. The van der Waals surface area contributed by atoms with Crippen LogP contribution in [0.15, 0.2) is 77.9 Å². The number of hydrogen-bond donors (Lipinski definition) is 2. The van der Waals surface area contributed by atoms with E-state index in [2.05, 4.69) is 15.8 Å². The molecule has 152 valence electrons. The molecule has 3 aromatic rings. The number of benzene rings is 3. The highest BCUT2D eigenvalue weighted by Gasteiger charge is 2.13.